The molecule has 25 heavy (non-hydrogen) atoms. The first-order valence-corrected chi connectivity index (χ1v) is 9.05. The number of carbonyl (C=O) groups excluding carboxylic acids is 1. The molecule has 2 aliphatic rings. The lowest BCUT2D eigenvalue weighted by atomic mass is 9.86. The molecule has 0 saturated carbocycles. The number of benzene rings is 1. The topological polar surface area (TPSA) is 70.6 Å². The molecule has 136 valence electrons. The molecular formula is C20H28N2O3. The maximum Gasteiger partial charge on any atom is 0.264 e. The minimum atomic E-state index is -0.888. The number of fused-ring (bicyclic) bond motifs is 1. The zero-order valence-electron chi connectivity index (χ0n) is 15.5. The first-order valence-electron chi connectivity index (χ1n) is 9.05. The number of amides is 1. The second kappa shape index (κ2) is 6.62. The fraction of sp³-hybridized carbons (Fsp3) is 0.550. The molecule has 0 radical (unpaired) electrons. The number of phenols is 1. The Morgan fingerprint density at radius 1 is 1.32 bits per heavy atom. The Morgan fingerprint density at radius 3 is 2.84 bits per heavy atom. The molecule has 5 nitrogen and oxygen atoms in total. The van der Waals surface area contributed by atoms with Crippen LogP contribution in [0.5, 0.6) is 11.5 Å². The smallest absolute Gasteiger partial charge is 0.264 e. The maximum atomic E-state index is 12.9. The number of hydrogen-bond acceptors (Lipinski definition) is 4. The molecule has 0 bridgehead atoms. The van der Waals surface area contributed by atoms with Crippen molar-refractivity contribution in [3.05, 3.63) is 34.5 Å². The summed E-state index contributed by atoms with van der Waals surface area (Å²) in [4.78, 5) is 12.9. The zero-order chi connectivity index (χ0) is 18.2. The normalized spacial score (nSPS) is 25.4. The van der Waals surface area contributed by atoms with Gasteiger partial charge in [0, 0.05) is 24.6 Å². The molecule has 0 saturated heterocycles. The molecule has 3 rings (SSSR count). The van der Waals surface area contributed by atoms with Crippen molar-refractivity contribution in [2.24, 2.45) is 0 Å². The number of hydrogen-bond donors (Lipinski definition) is 3. The standard InChI is InChI=1S/C20H28N2O3/c1-12-13(2)18-16(14(3)17(12)23)7-9-20(4,25-18)19(24)22-15-6-5-10-21-11-8-15/h8,11,15,21,23H,5-7,9-10H2,1-4H3,(H,22,24)/t15-,20?/m1/s1. The molecule has 0 aliphatic carbocycles. The van der Waals surface area contributed by atoms with Crippen molar-refractivity contribution in [3.8, 4) is 11.5 Å². The van der Waals surface area contributed by atoms with E-state index >= 15 is 0 Å². The summed E-state index contributed by atoms with van der Waals surface area (Å²) in [5.74, 6) is 1.02. The van der Waals surface area contributed by atoms with Crippen molar-refractivity contribution in [1.29, 1.82) is 0 Å². The SMILES string of the molecule is Cc1c(C)c2c(c(C)c1O)CCC(C)(C(=O)N[C@H]1C=CNCCC1)O2. The van der Waals surface area contributed by atoms with E-state index in [4.69, 9.17) is 4.74 Å². The average Bonchev–Trinajstić information content (AvgIpc) is 2.86. The number of ether oxygens (including phenoxy) is 1. The summed E-state index contributed by atoms with van der Waals surface area (Å²) in [6, 6.07) is 0.0358. The summed E-state index contributed by atoms with van der Waals surface area (Å²) in [7, 11) is 0. The third-order valence-electron chi connectivity index (χ3n) is 5.60. The molecule has 2 aliphatic heterocycles. The Labute approximate surface area is 149 Å². The van der Waals surface area contributed by atoms with E-state index in [0.717, 1.165) is 53.8 Å². The van der Waals surface area contributed by atoms with Gasteiger partial charge in [0.1, 0.15) is 11.5 Å². The quantitative estimate of drug-likeness (QED) is 0.771. The third kappa shape index (κ3) is 3.20. The number of carbonyl (C=O) groups is 1. The Balaban J connectivity index is 1.84. The minimum Gasteiger partial charge on any atom is -0.507 e. The lowest BCUT2D eigenvalue weighted by Gasteiger charge is -2.37. The molecule has 5 heteroatoms. The summed E-state index contributed by atoms with van der Waals surface area (Å²) in [5, 5.41) is 16.6. The van der Waals surface area contributed by atoms with Gasteiger partial charge in [-0.05, 0) is 75.9 Å². The summed E-state index contributed by atoms with van der Waals surface area (Å²) in [6.45, 7) is 8.54. The number of rotatable bonds is 2. The van der Waals surface area contributed by atoms with E-state index in [9.17, 15) is 9.90 Å². The third-order valence-corrected chi connectivity index (χ3v) is 5.60. The number of aromatic hydroxyl groups is 1. The molecule has 0 spiro atoms. The Kier molecular flexibility index (Phi) is 4.67. The van der Waals surface area contributed by atoms with E-state index in [0.29, 0.717) is 12.2 Å². The van der Waals surface area contributed by atoms with Crippen LogP contribution in [0.25, 0.3) is 0 Å². The highest BCUT2D eigenvalue weighted by Gasteiger charge is 2.41. The van der Waals surface area contributed by atoms with Gasteiger partial charge in [0.25, 0.3) is 5.91 Å². The van der Waals surface area contributed by atoms with Crippen LogP contribution in [-0.2, 0) is 11.2 Å². The van der Waals surface area contributed by atoms with E-state index in [-0.39, 0.29) is 11.9 Å². The van der Waals surface area contributed by atoms with Gasteiger partial charge < -0.3 is 20.5 Å². The van der Waals surface area contributed by atoms with Gasteiger partial charge in [0.05, 0.1) is 0 Å². The monoisotopic (exact) mass is 344 g/mol. The Hall–Kier alpha value is -2.17. The van der Waals surface area contributed by atoms with E-state index in [1.807, 2.05) is 40.0 Å². The fourth-order valence-corrected chi connectivity index (χ4v) is 3.64. The molecule has 0 aromatic heterocycles. The van der Waals surface area contributed by atoms with Crippen LogP contribution < -0.4 is 15.4 Å². The van der Waals surface area contributed by atoms with Crippen molar-refractivity contribution < 1.29 is 14.6 Å². The molecular weight excluding hydrogens is 316 g/mol. The summed E-state index contributed by atoms with van der Waals surface area (Å²) < 4.78 is 6.24. The lowest BCUT2D eigenvalue weighted by molar-refractivity contribution is -0.137. The second-order valence-electron chi connectivity index (χ2n) is 7.40. The van der Waals surface area contributed by atoms with Crippen LogP contribution in [0, 0.1) is 20.8 Å². The van der Waals surface area contributed by atoms with Crippen molar-refractivity contribution >= 4 is 5.91 Å². The highest BCUT2D eigenvalue weighted by molar-refractivity contribution is 5.86. The van der Waals surface area contributed by atoms with Crippen molar-refractivity contribution in [1.82, 2.24) is 10.6 Å². The molecule has 1 aromatic carbocycles. The van der Waals surface area contributed by atoms with Gasteiger partial charge in [-0.2, -0.15) is 0 Å². The first-order chi connectivity index (χ1) is 11.8. The molecule has 0 fully saturated rings. The van der Waals surface area contributed by atoms with Gasteiger partial charge >= 0.3 is 0 Å². The largest absolute Gasteiger partial charge is 0.507 e. The van der Waals surface area contributed by atoms with Crippen LogP contribution in [0.1, 0.15) is 48.4 Å². The zero-order valence-corrected chi connectivity index (χ0v) is 15.5. The number of phenolic OH excluding ortho intramolecular Hbond substituents is 1. The average molecular weight is 344 g/mol. The highest BCUT2D eigenvalue weighted by atomic mass is 16.5. The van der Waals surface area contributed by atoms with Crippen molar-refractivity contribution in [2.45, 2.75) is 65.0 Å². The molecule has 1 aromatic rings. The van der Waals surface area contributed by atoms with Crippen LogP contribution in [0.15, 0.2) is 12.3 Å². The highest BCUT2D eigenvalue weighted by Crippen LogP contribution is 2.43. The van der Waals surface area contributed by atoms with Gasteiger partial charge in [-0.1, -0.05) is 0 Å². The molecule has 2 atom stereocenters. The molecule has 1 unspecified atom stereocenters. The summed E-state index contributed by atoms with van der Waals surface area (Å²) >= 11 is 0. The Bertz CT molecular complexity index is 726. The lowest BCUT2D eigenvalue weighted by Crippen LogP contribution is -2.53. The van der Waals surface area contributed by atoms with E-state index < -0.39 is 5.60 Å². The first kappa shape index (κ1) is 17.6. The molecule has 2 heterocycles. The molecule has 1 amide bonds. The van der Waals surface area contributed by atoms with Crippen LogP contribution in [0.3, 0.4) is 0 Å². The fourth-order valence-electron chi connectivity index (χ4n) is 3.64. The van der Waals surface area contributed by atoms with Crippen LogP contribution >= 0.6 is 0 Å². The summed E-state index contributed by atoms with van der Waals surface area (Å²) in [6.07, 6.45) is 7.19. The van der Waals surface area contributed by atoms with Crippen LogP contribution in [-0.4, -0.2) is 29.2 Å². The van der Waals surface area contributed by atoms with Crippen molar-refractivity contribution in [3.63, 3.8) is 0 Å². The van der Waals surface area contributed by atoms with Crippen molar-refractivity contribution in [2.75, 3.05) is 6.54 Å². The van der Waals surface area contributed by atoms with Gasteiger partial charge in [-0.15, -0.1) is 0 Å². The van der Waals surface area contributed by atoms with Crippen LogP contribution in [0.2, 0.25) is 0 Å². The molecule has 3 N–H and O–H groups in total. The minimum absolute atomic E-state index is 0.0358. The predicted molar refractivity (Wildman–Crippen MR) is 98.0 cm³/mol. The van der Waals surface area contributed by atoms with Crippen LogP contribution in [0.4, 0.5) is 0 Å². The van der Waals surface area contributed by atoms with E-state index in [1.54, 1.807) is 0 Å². The Morgan fingerprint density at radius 2 is 2.08 bits per heavy atom. The predicted octanol–water partition coefficient (Wildman–Crippen LogP) is 2.78. The van der Waals surface area contributed by atoms with Gasteiger partial charge in [0.15, 0.2) is 5.60 Å². The summed E-state index contributed by atoms with van der Waals surface area (Å²) in [5.41, 5.74) is 2.72. The van der Waals surface area contributed by atoms with E-state index in [2.05, 4.69) is 10.6 Å². The van der Waals surface area contributed by atoms with Gasteiger partial charge in [-0.25, -0.2) is 0 Å². The number of nitrogens with one attached hydrogen (secondary N) is 2. The maximum absolute atomic E-state index is 12.9. The van der Waals surface area contributed by atoms with Gasteiger partial charge in [-0.3, -0.25) is 4.79 Å². The van der Waals surface area contributed by atoms with Gasteiger partial charge in [0.2, 0.25) is 0 Å². The second-order valence-corrected chi connectivity index (χ2v) is 7.40. The van der Waals surface area contributed by atoms with E-state index in [1.165, 1.54) is 0 Å².